The van der Waals surface area contributed by atoms with Gasteiger partial charge in [0.25, 0.3) is 0 Å². The smallest absolute Gasteiger partial charge is 0.129 e. The van der Waals surface area contributed by atoms with Gasteiger partial charge < -0.3 is 4.74 Å². The third-order valence-electron chi connectivity index (χ3n) is 2.75. The standard InChI is InChI=1S/C10H15Br2N3O/c1-2-14-3-4-16-8(6-14)7-15-10(12)5-9(11)13-15/h5,8H,2-4,6-7H2,1H3. The minimum absolute atomic E-state index is 0.233. The van der Waals surface area contributed by atoms with Gasteiger partial charge in [-0.15, -0.1) is 0 Å². The molecule has 4 nitrogen and oxygen atoms in total. The van der Waals surface area contributed by atoms with E-state index in [0.717, 1.165) is 42.0 Å². The fourth-order valence-corrected chi connectivity index (χ4v) is 3.02. The molecule has 0 amide bonds. The number of likely N-dealkylation sites (N-methyl/N-ethyl adjacent to an activating group) is 1. The first-order valence-corrected chi connectivity index (χ1v) is 7.00. The molecule has 1 aliphatic rings. The first-order valence-electron chi connectivity index (χ1n) is 5.42. The summed E-state index contributed by atoms with van der Waals surface area (Å²) in [5.41, 5.74) is 0. The molecule has 2 heterocycles. The van der Waals surface area contributed by atoms with Gasteiger partial charge in [0.2, 0.25) is 0 Å². The Kier molecular flexibility index (Phi) is 4.41. The summed E-state index contributed by atoms with van der Waals surface area (Å²) < 4.78 is 9.50. The second kappa shape index (κ2) is 5.62. The van der Waals surface area contributed by atoms with Crippen LogP contribution in [0.5, 0.6) is 0 Å². The van der Waals surface area contributed by atoms with Crippen molar-refractivity contribution in [2.75, 3.05) is 26.2 Å². The number of hydrogen-bond donors (Lipinski definition) is 0. The zero-order valence-corrected chi connectivity index (χ0v) is 12.4. The van der Waals surface area contributed by atoms with E-state index >= 15 is 0 Å². The Morgan fingerprint density at radius 2 is 2.38 bits per heavy atom. The quantitative estimate of drug-likeness (QED) is 0.834. The predicted molar refractivity (Wildman–Crippen MR) is 69.5 cm³/mol. The third kappa shape index (κ3) is 3.06. The Morgan fingerprint density at radius 1 is 1.56 bits per heavy atom. The van der Waals surface area contributed by atoms with Gasteiger partial charge in [-0.3, -0.25) is 9.58 Å². The molecular weight excluding hydrogens is 338 g/mol. The van der Waals surface area contributed by atoms with Gasteiger partial charge in [0.15, 0.2) is 0 Å². The average Bonchev–Trinajstić information content (AvgIpc) is 2.58. The second-order valence-electron chi connectivity index (χ2n) is 3.86. The number of ether oxygens (including phenoxy) is 1. The lowest BCUT2D eigenvalue weighted by Crippen LogP contribution is -2.44. The summed E-state index contributed by atoms with van der Waals surface area (Å²) in [6, 6.07) is 1.94. The van der Waals surface area contributed by atoms with Crippen molar-refractivity contribution in [2.45, 2.75) is 19.6 Å². The normalized spacial score (nSPS) is 22.6. The van der Waals surface area contributed by atoms with Crippen molar-refractivity contribution in [2.24, 2.45) is 0 Å². The molecule has 0 aliphatic carbocycles. The van der Waals surface area contributed by atoms with Crippen LogP contribution in [0, 0.1) is 0 Å². The van der Waals surface area contributed by atoms with E-state index in [1.807, 2.05) is 10.7 Å². The van der Waals surface area contributed by atoms with Gasteiger partial charge in [0.1, 0.15) is 9.21 Å². The van der Waals surface area contributed by atoms with Crippen LogP contribution in [-0.4, -0.2) is 47.0 Å². The van der Waals surface area contributed by atoms with Gasteiger partial charge in [-0.05, 0) is 38.4 Å². The molecule has 1 unspecified atom stereocenters. The van der Waals surface area contributed by atoms with Gasteiger partial charge in [0.05, 0.1) is 19.3 Å². The highest BCUT2D eigenvalue weighted by molar-refractivity contribution is 9.11. The maximum atomic E-state index is 5.74. The highest BCUT2D eigenvalue weighted by atomic mass is 79.9. The van der Waals surface area contributed by atoms with Crippen molar-refractivity contribution >= 4 is 31.9 Å². The fourth-order valence-electron chi connectivity index (χ4n) is 1.86. The Labute approximate surface area is 112 Å². The third-order valence-corrected chi connectivity index (χ3v) is 3.77. The Balaban J connectivity index is 1.96. The molecule has 6 heteroatoms. The van der Waals surface area contributed by atoms with Crippen LogP contribution in [0.3, 0.4) is 0 Å². The maximum absolute atomic E-state index is 5.74. The highest BCUT2D eigenvalue weighted by Crippen LogP contribution is 2.18. The summed E-state index contributed by atoms with van der Waals surface area (Å²) in [5, 5.41) is 4.34. The summed E-state index contributed by atoms with van der Waals surface area (Å²) in [5.74, 6) is 0. The molecule has 1 fully saturated rings. The zero-order valence-electron chi connectivity index (χ0n) is 9.20. The van der Waals surface area contributed by atoms with Crippen LogP contribution in [-0.2, 0) is 11.3 Å². The van der Waals surface area contributed by atoms with Gasteiger partial charge in [-0.1, -0.05) is 6.92 Å². The van der Waals surface area contributed by atoms with E-state index in [-0.39, 0.29) is 6.10 Å². The van der Waals surface area contributed by atoms with Crippen molar-refractivity contribution in [3.05, 3.63) is 15.3 Å². The lowest BCUT2D eigenvalue weighted by atomic mass is 10.2. The second-order valence-corrected chi connectivity index (χ2v) is 5.48. The molecule has 0 bridgehead atoms. The average molecular weight is 353 g/mol. The number of aromatic nitrogens is 2. The summed E-state index contributed by atoms with van der Waals surface area (Å²) in [6.45, 7) is 6.91. The van der Waals surface area contributed by atoms with Crippen molar-refractivity contribution in [3.63, 3.8) is 0 Å². The molecule has 1 aromatic rings. The van der Waals surface area contributed by atoms with E-state index in [1.54, 1.807) is 0 Å². The van der Waals surface area contributed by atoms with Crippen LogP contribution in [0.15, 0.2) is 15.3 Å². The number of nitrogens with zero attached hydrogens (tertiary/aromatic N) is 3. The minimum Gasteiger partial charge on any atom is -0.374 e. The molecule has 90 valence electrons. The molecule has 0 aromatic carbocycles. The number of halogens is 2. The van der Waals surface area contributed by atoms with E-state index in [0.29, 0.717) is 0 Å². The molecule has 0 N–H and O–H groups in total. The van der Waals surface area contributed by atoms with Gasteiger partial charge in [-0.2, -0.15) is 5.10 Å². The van der Waals surface area contributed by atoms with Gasteiger partial charge >= 0.3 is 0 Å². The van der Waals surface area contributed by atoms with E-state index in [1.165, 1.54) is 0 Å². The monoisotopic (exact) mass is 351 g/mol. The fraction of sp³-hybridized carbons (Fsp3) is 0.700. The molecular formula is C10H15Br2N3O. The summed E-state index contributed by atoms with van der Waals surface area (Å²) in [6.07, 6.45) is 0.233. The van der Waals surface area contributed by atoms with Crippen molar-refractivity contribution in [1.29, 1.82) is 0 Å². The SMILES string of the molecule is CCN1CCOC(Cn2nc(Br)cc2Br)C1. The minimum atomic E-state index is 0.233. The van der Waals surface area contributed by atoms with Crippen LogP contribution in [0.25, 0.3) is 0 Å². The summed E-state index contributed by atoms with van der Waals surface area (Å²) in [4.78, 5) is 2.40. The topological polar surface area (TPSA) is 30.3 Å². The van der Waals surface area contributed by atoms with E-state index in [4.69, 9.17) is 4.74 Å². The largest absolute Gasteiger partial charge is 0.374 e. The Bertz CT molecular complexity index is 356. The number of hydrogen-bond acceptors (Lipinski definition) is 3. The highest BCUT2D eigenvalue weighted by Gasteiger charge is 2.20. The first-order chi connectivity index (χ1) is 7.69. The molecule has 1 saturated heterocycles. The lowest BCUT2D eigenvalue weighted by molar-refractivity contribution is -0.0361. The molecule has 0 radical (unpaired) electrons. The number of rotatable bonds is 3. The van der Waals surface area contributed by atoms with Crippen LogP contribution in [0.1, 0.15) is 6.92 Å². The molecule has 1 aromatic heterocycles. The lowest BCUT2D eigenvalue weighted by Gasteiger charge is -2.32. The zero-order chi connectivity index (χ0) is 11.5. The van der Waals surface area contributed by atoms with Gasteiger partial charge in [0, 0.05) is 19.2 Å². The van der Waals surface area contributed by atoms with E-state index in [9.17, 15) is 0 Å². The Morgan fingerprint density at radius 3 is 3.00 bits per heavy atom. The molecule has 16 heavy (non-hydrogen) atoms. The summed E-state index contributed by atoms with van der Waals surface area (Å²) >= 11 is 6.84. The molecule has 1 aliphatic heterocycles. The number of morpholine rings is 1. The van der Waals surface area contributed by atoms with Crippen molar-refractivity contribution in [1.82, 2.24) is 14.7 Å². The first kappa shape index (κ1) is 12.5. The van der Waals surface area contributed by atoms with Crippen LogP contribution in [0.4, 0.5) is 0 Å². The van der Waals surface area contributed by atoms with Crippen molar-refractivity contribution < 1.29 is 4.74 Å². The molecule has 0 spiro atoms. The van der Waals surface area contributed by atoms with Crippen molar-refractivity contribution in [3.8, 4) is 0 Å². The Hall–Kier alpha value is 0.0900. The molecule has 0 saturated carbocycles. The summed E-state index contributed by atoms with van der Waals surface area (Å²) in [7, 11) is 0. The van der Waals surface area contributed by atoms with E-state index in [2.05, 4.69) is 48.8 Å². The van der Waals surface area contributed by atoms with E-state index < -0.39 is 0 Å². The van der Waals surface area contributed by atoms with Gasteiger partial charge in [-0.25, -0.2) is 0 Å². The molecule has 2 rings (SSSR count). The van der Waals surface area contributed by atoms with Crippen LogP contribution >= 0.6 is 31.9 Å². The molecule has 1 atom stereocenters. The van der Waals surface area contributed by atoms with Crippen LogP contribution in [0.2, 0.25) is 0 Å². The van der Waals surface area contributed by atoms with Crippen LogP contribution < -0.4 is 0 Å². The maximum Gasteiger partial charge on any atom is 0.129 e. The predicted octanol–water partition coefficient (Wildman–Crippen LogP) is 2.13.